The standard InChI is InChI=1S/C14H17N5/c1-4-15-13-14-18-16-8-19(14)11-7-5-6-10(9(2)3)12(11)17-13/h5-9H,4H2,1-3H3,(H,15,17). The van der Waals surface area contributed by atoms with Gasteiger partial charge >= 0.3 is 0 Å². The molecule has 2 heterocycles. The van der Waals surface area contributed by atoms with Gasteiger partial charge in [-0.05, 0) is 24.5 Å². The Labute approximate surface area is 111 Å². The minimum atomic E-state index is 0.430. The molecule has 3 rings (SSSR count). The average molecular weight is 255 g/mol. The largest absolute Gasteiger partial charge is 0.367 e. The van der Waals surface area contributed by atoms with Gasteiger partial charge in [0.05, 0.1) is 11.0 Å². The summed E-state index contributed by atoms with van der Waals surface area (Å²) in [4.78, 5) is 4.75. The molecule has 98 valence electrons. The van der Waals surface area contributed by atoms with Crippen LogP contribution in [0, 0.1) is 0 Å². The number of aromatic nitrogens is 4. The van der Waals surface area contributed by atoms with E-state index >= 15 is 0 Å². The van der Waals surface area contributed by atoms with Crippen molar-refractivity contribution in [1.82, 2.24) is 19.6 Å². The highest BCUT2D eigenvalue weighted by molar-refractivity contribution is 5.85. The number of rotatable bonds is 3. The van der Waals surface area contributed by atoms with E-state index in [0.717, 1.165) is 29.0 Å². The van der Waals surface area contributed by atoms with Crippen molar-refractivity contribution >= 4 is 22.5 Å². The fourth-order valence-corrected chi connectivity index (χ4v) is 2.35. The summed E-state index contributed by atoms with van der Waals surface area (Å²) in [5.74, 6) is 1.22. The molecule has 0 amide bonds. The molecular weight excluding hydrogens is 238 g/mol. The lowest BCUT2D eigenvalue weighted by Crippen LogP contribution is -2.05. The number of anilines is 1. The lowest BCUT2D eigenvalue weighted by molar-refractivity contribution is 0.871. The predicted molar refractivity (Wildman–Crippen MR) is 76.5 cm³/mol. The van der Waals surface area contributed by atoms with E-state index in [1.807, 2.05) is 11.3 Å². The van der Waals surface area contributed by atoms with Crippen LogP contribution in [0.15, 0.2) is 24.5 Å². The van der Waals surface area contributed by atoms with Crippen molar-refractivity contribution in [3.63, 3.8) is 0 Å². The summed E-state index contributed by atoms with van der Waals surface area (Å²) >= 11 is 0. The molecule has 0 aliphatic carbocycles. The summed E-state index contributed by atoms with van der Waals surface area (Å²) in [7, 11) is 0. The third kappa shape index (κ3) is 1.82. The van der Waals surface area contributed by atoms with Gasteiger partial charge in [-0.25, -0.2) is 4.98 Å². The molecule has 0 bridgehead atoms. The Hall–Kier alpha value is -2.17. The molecule has 2 aromatic heterocycles. The molecule has 19 heavy (non-hydrogen) atoms. The van der Waals surface area contributed by atoms with Crippen molar-refractivity contribution in [3.8, 4) is 0 Å². The van der Waals surface area contributed by atoms with Crippen LogP contribution < -0.4 is 5.32 Å². The van der Waals surface area contributed by atoms with Crippen molar-refractivity contribution in [2.45, 2.75) is 26.7 Å². The van der Waals surface area contributed by atoms with Gasteiger partial charge in [-0.2, -0.15) is 0 Å². The van der Waals surface area contributed by atoms with Crippen molar-refractivity contribution < 1.29 is 0 Å². The second-order valence-corrected chi connectivity index (χ2v) is 4.88. The maximum atomic E-state index is 4.75. The first-order valence-corrected chi connectivity index (χ1v) is 6.58. The molecule has 0 fully saturated rings. The normalized spacial score (nSPS) is 11.6. The minimum Gasteiger partial charge on any atom is -0.367 e. The van der Waals surface area contributed by atoms with E-state index in [4.69, 9.17) is 4.98 Å². The number of nitrogens with one attached hydrogen (secondary N) is 1. The average Bonchev–Trinajstić information content (AvgIpc) is 2.88. The summed E-state index contributed by atoms with van der Waals surface area (Å²) < 4.78 is 1.99. The SMILES string of the molecule is CCNc1nc2c(C(C)C)cccc2n2cnnc12. The third-order valence-corrected chi connectivity index (χ3v) is 3.25. The highest BCUT2D eigenvalue weighted by Gasteiger charge is 2.13. The molecule has 3 aromatic rings. The van der Waals surface area contributed by atoms with Gasteiger partial charge in [0, 0.05) is 6.54 Å². The highest BCUT2D eigenvalue weighted by atomic mass is 15.3. The van der Waals surface area contributed by atoms with Gasteiger partial charge in [-0.1, -0.05) is 26.0 Å². The molecule has 5 heteroatoms. The Kier molecular flexibility index (Phi) is 2.81. The van der Waals surface area contributed by atoms with Crippen molar-refractivity contribution in [2.75, 3.05) is 11.9 Å². The summed E-state index contributed by atoms with van der Waals surface area (Å²) in [6.45, 7) is 7.22. The van der Waals surface area contributed by atoms with Crippen LogP contribution in [0.1, 0.15) is 32.3 Å². The molecule has 0 saturated carbocycles. The Balaban J connectivity index is 2.42. The smallest absolute Gasteiger partial charge is 0.203 e. The topological polar surface area (TPSA) is 55.1 Å². The lowest BCUT2D eigenvalue weighted by atomic mass is 10.0. The molecule has 0 aliphatic rings. The zero-order chi connectivity index (χ0) is 13.4. The second kappa shape index (κ2) is 4.50. The van der Waals surface area contributed by atoms with Crippen LogP contribution in [0.5, 0.6) is 0 Å². The zero-order valence-corrected chi connectivity index (χ0v) is 11.4. The molecule has 0 radical (unpaired) electrons. The van der Waals surface area contributed by atoms with Crippen molar-refractivity contribution in [2.24, 2.45) is 0 Å². The second-order valence-electron chi connectivity index (χ2n) is 4.88. The fraction of sp³-hybridized carbons (Fsp3) is 0.357. The van der Waals surface area contributed by atoms with Crippen LogP contribution in [0.3, 0.4) is 0 Å². The number of hydrogen-bond donors (Lipinski definition) is 1. The van der Waals surface area contributed by atoms with E-state index in [1.165, 1.54) is 5.56 Å². The van der Waals surface area contributed by atoms with Crippen LogP contribution in [-0.4, -0.2) is 26.1 Å². The molecule has 0 spiro atoms. The Morgan fingerprint density at radius 3 is 2.89 bits per heavy atom. The van der Waals surface area contributed by atoms with Gasteiger partial charge in [0.15, 0.2) is 5.82 Å². The maximum Gasteiger partial charge on any atom is 0.203 e. The lowest BCUT2D eigenvalue weighted by Gasteiger charge is -2.12. The first kappa shape index (κ1) is 11.9. The van der Waals surface area contributed by atoms with E-state index in [2.05, 4.69) is 47.6 Å². The predicted octanol–water partition coefficient (Wildman–Crippen LogP) is 2.83. The monoisotopic (exact) mass is 255 g/mol. The van der Waals surface area contributed by atoms with Gasteiger partial charge in [-0.15, -0.1) is 10.2 Å². The van der Waals surface area contributed by atoms with Gasteiger partial charge in [0.25, 0.3) is 0 Å². The molecule has 1 N–H and O–H groups in total. The Bertz CT molecular complexity index is 729. The van der Waals surface area contributed by atoms with E-state index in [9.17, 15) is 0 Å². The van der Waals surface area contributed by atoms with Gasteiger partial charge < -0.3 is 5.32 Å². The quantitative estimate of drug-likeness (QED) is 0.782. The fourth-order valence-electron chi connectivity index (χ4n) is 2.35. The van der Waals surface area contributed by atoms with Crippen molar-refractivity contribution in [3.05, 3.63) is 30.1 Å². The van der Waals surface area contributed by atoms with E-state index in [1.54, 1.807) is 6.33 Å². The van der Waals surface area contributed by atoms with Crippen LogP contribution in [0.2, 0.25) is 0 Å². The van der Waals surface area contributed by atoms with Gasteiger partial charge in [0.2, 0.25) is 5.65 Å². The van der Waals surface area contributed by atoms with Crippen LogP contribution in [0.4, 0.5) is 5.82 Å². The summed E-state index contributed by atoms with van der Waals surface area (Å²) in [5, 5.41) is 11.4. The van der Waals surface area contributed by atoms with E-state index < -0.39 is 0 Å². The number of nitrogens with zero attached hydrogens (tertiary/aromatic N) is 4. The van der Waals surface area contributed by atoms with Crippen LogP contribution in [-0.2, 0) is 0 Å². The molecule has 0 atom stereocenters. The number of hydrogen-bond acceptors (Lipinski definition) is 4. The minimum absolute atomic E-state index is 0.430. The zero-order valence-electron chi connectivity index (χ0n) is 11.4. The van der Waals surface area contributed by atoms with Gasteiger partial charge in [-0.3, -0.25) is 4.40 Å². The Morgan fingerprint density at radius 1 is 1.32 bits per heavy atom. The first-order chi connectivity index (χ1) is 9.22. The summed E-state index contributed by atoms with van der Waals surface area (Å²) in [6, 6.07) is 6.25. The van der Waals surface area contributed by atoms with E-state index in [-0.39, 0.29) is 0 Å². The third-order valence-electron chi connectivity index (χ3n) is 3.25. The summed E-state index contributed by atoms with van der Waals surface area (Å²) in [5.41, 5.74) is 4.08. The van der Waals surface area contributed by atoms with E-state index in [0.29, 0.717) is 5.92 Å². The van der Waals surface area contributed by atoms with Crippen LogP contribution >= 0.6 is 0 Å². The molecular formula is C14H17N5. The maximum absolute atomic E-state index is 4.75. The molecule has 1 aromatic carbocycles. The molecule has 5 nitrogen and oxygen atoms in total. The van der Waals surface area contributed by atoms with Gasteiger partial charge in [0.1, 0.15) is 6.33 Å². The highest BCUT2D eigenvalue weighted by Crippen LogP contribution is 2.26. The molecule has 0 saturated heterocycles. The molecule has 0 unspecified atom stereocenters. The first-order valence-electron chi connectivity index (χ1n) is 6.58. The van der Waals surface area contributed by atoms with Crippen LogP contribution in [0.25, 0.3) is 16.7 Å². The summed E-state index contributed by atoms with van der Waals surface area (Å²) in [6.07, 6.45) is 1.74. The number of benzene rings is 1. The Morgan fingerprint density at radius 2 is 2.16 bits per heavy atom. The molecule has 0 aliphatic heterocycles. The number of fused-ring (bicyclic) bond motifs is 3. The van der Waals surface area contributed by atoms with Crippen molar-refractivity contribution in [1.29, 1.82) is 0 Å². The number of para-hydroxylation sites is 1.